The smallest absolute Gasteiger partial charge is 0.338 e. The minimum absolute atomic E-state index is 0.0154. The molecule has 1 amide bonds. The summed E-state index contributed by atoms with van der Waals surface area (Å²) in [7, 11) is -4.01. The number of nitrogens with zero attached hydrogens (tertiary/aromatic N) is 1. The molecule has 0 saturated heterocycles. The minimum atomic E-state index is -4.01. The fourth-order valence-electron chi connectivity index (χ4n) is 3.61. The Morgan fingerprint density at radius 3 is 2.50 bits per heavy atom. The molecular formula is C24H20Cl2N2O5S. The topological polar surface area (TPSA) is 92.8 Å². The first-order chi connectivity index (χ1) is 16.3. The molecule has 3 aromatic carbocycles. The third-order valence-electron chi connectivity index (χ3n) is 5.35. The van der Waals surface area contributed by atoms with Gasteiger partial charge in [-0.05, 0) is 47.9 Å². The number of hydrogen-bond donors (Lipinski definition) is 1. The molecule has 0 spiro atoms. The number of benzene rings is 3. The highest BCUT2D eigenvalue weighted by Crippen LogP contribution is 2.35. The second-order valence-electron chi connectivity index (χ2n) is 7.55. The van der Waals surface area contributed by atoms with Crippen molar-refractivity contribution >= 4 is 50.8 Å². The molecule has 0 aromatic heterocycles. The van der Waals surface area contributed by atoms with E-state index >= 15 is 0 Å². The average Bonchev–Trinajstić information content (AvgIpc) is 3.27. The molecule has 1 N–H and O–H groups in total. The number of amides is 1. The highest BCUT2D eigenvalue weighted by atomic mass is 35.5. The van der Waals surface area contributed by atoms with Gasteiger partial charge in [-0.1, -0.05) is 59.6 Å². The number of anilines is 1. The fraction of sp³-hybridized carbons (Fsp3) is 0.167. The number of para-hydroxylation sites is 1. The van der Waals surface area contributed by atoms with Crippen LogP contribution in [0.5, 0.6) is 0 Å². The van der Waals surface area contributed by atoms with E-state index in [1.165, 1.54) is 22.5 Å². The van der Waals surface area contributed by atoms with Crippen molar-refractivity contribution < 1.29 is 22.7 Å². The van der Waals surface area contributed by atoms with Crippen LogP contribution in [0.3, 0.4) is 0 Å². The number of nitrogens with one attached hydrogen (secondary N) is 1. The first-order valence-electron chi connectivity index (χ1n) is 10.3. The van der Waals surface area contributed by atoms with Crippen LogP contribution in [0.15, 0.2) is 71.6 Å². The van der Waals surface area contributed by atoms with Gasteiger partial charge in [-0.15, -0.1) is 0 Å². The summed E-state index contributed by atoms with van der Waals surface area (Å²) in [5.41, 5.74) is 2.19. The molecular weight excluding hydrogens is 499 g/mol. The predicted octanol–water partition coefficient (Wildman–Crippen LogP) is 4.22. The summed E-state index contributed by atoms with van der Waals surface area (Å²) in [4.78, 5) is 24.4. The molecule has 10 heteroatoms. The number of halogens is 2. The molecule has 0 bridgehead atoms. The second-order valence-corrected chi connectivity index (χ2v) is 10.2. The second kappa shape index (κ2) is 10.0. The maximum atomic E-state index is 13.3. The van der Waals surface area contributed by atoms with Crippen LogP contribution in [-0.4, -0.2) is 33.4 Å². The predicted molar refractivity (Wildman–Crippen MR) is 130 cm³/mol. The van der Waals surface area contributed by atoms with Gasteiger partial charge in [0.1, 0.15) is 4.90 Å². The van der Waals surface area contributed by atoms with Crippen molar-refractivity contribution in [3.63, 3.8) is 0 Å². The quantitative estimate of drug-likeness (QED) is 0.472. The minimum Gasteiger partial charge on any atom is -0.452 e. The Bertz CT molecular complexity index is 1360. The number of rotatable bonds is 7. The maximum Gasteiger partial charge on any atom is 0.338 e. The summed E-state index contributed by atoms with van der Waals surface area (Å²) in [5.74, 6) is -1.37. The lowest BCUT2D eigenvalue weighted by atomic mass is 10.2. The van der Waals surface area contributed by atoms with Crippen LogP contribution in [0, 0.1) is 0 Å². The van der Waals surface area contributed by atoms with Crippen molar-refractivity contribution in [1.29, 1.82) is 0 Å². The van der Waals surface area contributed by atoms with Crippen LogP contribution < -0.4 is 9.62 Å². The van der Waals surface area contributed by atoms with Gasteiger partial charge in [-0.3, -0.25) is 9.10 Å². The largest absolute Gasteiger partial charge is 0.452 e. The number of fused-ring (bicyclic) bond motifs is 1. The van der Waals surface area contributed by atoms with Crippen LogP contribution in [-0.2, 0) is 32.5 Å². The van der Waals surface area contributed by atoms with E-state index in [0.29, 0.717) is 17.1 Å². The Morgan fingerprint density at radius 2 is 1.71 bits per heavy atom. The monoisotopic (exact) mass is 518 g/mol. The summed E-state index contributed by atoms with van der Waals surface area (Å²) >= 11 is 12.3. The van der Waals surface area contributed by atoms with E-state index in [1.54, 1.807) is 36.4 Å². The highest BCUT2D eigenvalue weighted by molar-refractivity contribution is 7.93. The van der Waals surface area contributed by atoms with Gasteiger partial charge in [0, 0.05) is 18.1 Å². The number of carbonyl (C=O) groups is 2. The molecule has 1 heterocycles. The van der Waals surface area contributed by atoms with E-state index in [1.807, 2.05) is 12.1 Å². The van der Waals surface area contributed by atoms with Gasteiger partial charge in [-0.2, -0.15) is 0 Å². The lowest BCUT2D eigenvalue weighted by Gasteiger charge is -2.20. The molecule has 0 atom stereocenters. The van der Waals surface area contributed by atoms with Gasteiger partial charge in [0.25, 0.3) is 15.9 Å². The Hall–Kier alpha value is -3.07. The van der Waals surface area contributed by atoms with Crippen LogP contribution in [0.2, 0.25) is 10.0 Å². The van der Waals surface area contributed by atoms with Crippen molar-refractivity contribution in [2.24, 2.45) is 0 Å². The standard InChI is InChI=1S/C24H20Cl2N2O5S/c25-19-7-3-1-6-18(19)14-27-23(29)15-33-24(30)17-9-10-20(26)22(13-17)34(31,32)28-12-11-16-5-2-4-8-21(16)28/h1-10,13H,11-12,14-15H2,(H,27,29). The van der Waals surface area contributed by atoms with Crippen LogP contribution >= 0.6 is 23.2 Å². The zero-order valence-electron chi connectivity index (χ0n) is 17.8. The molecule has 176 valence electrons. The van der Waals surface area contributed by atoms with Gasteiger partial charge >= 0.3 is 5.97 Å². The van der Waals surface area contributed by atoms with E-state index in [-0.39, 0.29) is 28.6 Å². The van der Waals surface area contributed by atoms with Crippen LogP contribution in [0.1, 0.15) is 21.5 Å². The molecule has 0 aliphatic carbocycles. The Kier molecular flexibility index (Phi) is 7.11. The van der Waals surface area contributed by atoms with Crippen molar-refractivity contribution in [1.82, 2.24) is 5.32 Å². The summed E-state index contributed by atoms with van der Waals surface area (Å²) in [5, 5.41) is 3.11. The lowest BCUT2D eigenvalue weighted by molar-refractivity contribution is -0.124. The summed E-state index contributed by atoms with van der Waals surface area (Å²) in [6, 6.07) is 18.1. The van der Waals surface area contributed by atoms with E-state index < -0.39 is 28.5 Å². The normalized spacial score (nSPS) is 12.8. The zero-order chi connectivity index (χ0) is 24.3. The molecule has 1 aliphatic rings. The molecule has 3 aromatic rings. The number of carbonyl (C=O) groups excluding carboxylic acids is 2. The zero-order valence-corrected chi connectivity index (χ0v) is 20.2. The molecule has 0 fully saturated rings. The number of esters is 1. The summed E-state index contributed by atoms with van der Waals surface area (Å²) in [6.07, 6.45) is 0.581. The van der Waals surface area contributed by atoms with Crippen molar-refractivity contribution in [3.8, 4) is 0 Å². The molecule has 0 radical (unpaired) electrons. The number of sulfonamides is 1. The first kappa shape index (κ1) is 24.1. The van der Waals surface area contributed by atoms with Gasteiger partial charge in [0.05, 0.1) is 16.3 Å². The highest BCUT2D eigenvalue weighted by Gasteiger charge is 2.32. The molecule has 0 saturated carbocycles. The van der Waals surface area contributed by atoms with Gasteiger partial charge < -0.3 is 10.1 Å². The van der Waals surface area contributed by atoms with Crippen LogP contribution in [0.4, 0.5) is 5.69 Å². The molecule has 1 aliphatic heterocycles. The SMILES string of the molecule is O=C(COC(=O)c1ccc(Cl)c(S(=O)(=O)N2CCc3ccccc32)c1)NCc1ccccc1Cl. The first-order valence-corrected chi connectivity index (χ1v) is 12.5. The van der Waals surface area contributed by atoms with E-state index in [4.69, 9.17) is 27.9 Å². The van der Waals surface area contributed by atoms with E-state index in [0.717, 1.165) is 11.1 Å². The molecule has 4 rings (SSSR count). The Labute approximate surface area is 207 Å². The third-order valence-corrected chi connectivity index (χ3v) is 8.01. The van der Waals surface area contributed by atoms with Gasteiger partial charge in [0.15, 0.2) is 6.61 Å². The summed E-state index contributed by atoms with van der Waals surface area (Å²) in [6.45, 7) is -0.0809. The van der Waals surface area contributed by atoms with Gasteiger partial charge in [0.2, 0.25) is 0 Å². The molecule has 7 nitrogen and oxygen atoms in total. The Balaban J connectivity index is 1.44. The number of hydrogen-bond acceptors (Lipinski definition) is 5. The third kappa shape index (κ3) is 5.04. The van der Waals surface area contributed by atoms with E-state index in [2.05, 4.69) is 5.32 Å². The maximum absolute atomic E-state index is 13.3. The molecule has 34 heavy (non-hydrogen) atoms. The molecule has 0 unspecified atom stereocenters. The van der Waals surface area contributed by atoms with Crippen molar-refractivity contribution in [2.75, 3.05) is 17.5 Å². The fourth-order valence-corrected chi connectivity index (χ4v) is 5.81. The van der Waals surface area contributed by atoms with E-state index in [9.17, 15) is 18.0 Å². The Morgan fingerprint density at radius 1 is 0.971 bits per heavy atom. The average molecular weight is 519 g/mol. The van der Waals surface area contributed by atoms with Gasteiger partial charge in [-0.25, -0.2) is 13.2 Å². The van der Waals surface area contributed by atoms with Crippen LogP contribution in [0.25, 0.3) is 0 Å². The van der Waals surface area contributed by atoms with Crippen molar-refractivity contribution in [2.45, 2.75) is 17.9 Å². The summed E-state index contributed by atoms with van der Waals surface area (Å²) < 4.78 is 33.0. The lowest BCUT2D eigenvalue weighted by Crippen LogP contribution is -2.30. The van der Waals surface area contributed by atoms with Crippen molar-refractivity contribution in [3.05, 3.63) is 93.5 Å². The number of ether oxygens (including phenoxy) is 1.